The number of amides is 2. The predicted octanol–water partition coefficient (Wildman–Crippen LogP) is 2.47. The van der Waals surface area contributed by atoms with Crippen LogP contribution in [0.2, 0.25) is 0 Å². The minimum absolute atomic E-state index is 0.0628. The van der Waals surface area contributed by atoms with E-state index in [1.54, 1.807) is 41.3 Å². The van der Waals surface area contributed by atoms with E-state index >= 15 is 0 Å². The van der Waals surface area contributed by atoms with Crippen LogP contribution in [0.1, 0.15) is 45.5 Å². The number of aromatic hydroxyl groups is 1. The monoisotopic (exact) mass is 438 g/mol. The maximum atomic E-state index is 12.8. The number of rotatable bonds is 10. The van der Waals surface area contributed by atoms with E-state index in [0.717, 1.165) is 25.2 Å². The van der Waals surface area contributed by atoms with Gasteiger partial charge in [-0.05, 0) is 61.8 Å². The van der Waals surface area contributed by atoms with E-state index in [1.807, 2.05) is 19.2 Å². The first-order valence-electron chi connectivity index (χ1n) is 11.4. The lowest BCUT2D eigenvalue weighted by Gasteiger charge is -2.28. The highest BCUT2D eigenvalue weighted by molar-refractivity contribution is 5.99. The summed E-state index contributed by atoms with van der Waals surface area (Å²) in [5.41, 5.74) is 2.08. The van der Waals surface area contributed by atoms with E-state index in [1.165, 1.54) is 19.3 Å². The number of hydrogen-bond acceptors (Lipinski definition) is 5. The van der Waals surface area contributed by atoms with Gasteiger partial charge in [0.05, 0.1) is 0 Å². The Bertz CT molecular complexity index is 879. The molecule has 1 fully saturated rings. The Morgan fingerprint density at radius 1 is 1.00 bits per heavy atom. The summed E-state index contributed by atoms with van der Waals surface area (Å²) in [6, 6.07) is 13.9. The summed E-state index contributed by atoms with van der Waals surface area (Å²) in [6.07, 6.45) is 3.77. The first-order valence-corrected chi connectivity index (χ1v) is 11.4. The first-order chi connectivity index (χ1) is 15.5. The van der Waals surface area contributed by atoms with Crippen LogP contribution in [0.3, 0.4) is 0 Å². The van der Waals surface area contributed by atoms with Crippen molar-refractivity contribution in [2.45, 2.75) is 25.8 Å². The molecule has 1 aliphatic rings. The molecule has 3 N–H and O–H groups in total. The van der Waals surface area contributed by atoms with Gasteiger partial charge in [0, 0.05) is 50.9 Å². The summed E-state index contributed by atoms with van der Waals surface area (Å²) in [5, 5.41) is 15.4. The van der Waals surface area contributed by atoms with Crippen molar-refractivity contribution in [3.63, 3.8) is 0 Å². The average molecular weight is 439 g/mol. The second-order valence-corrected chi connectivity index (χ2v) is 8.31. The third-order valence-corrected chi connectivity index (χ3v) is 5.77. The fourth-order valence-electron chi connectivity index (χ4n) is 3.80. The molecule has 1 aliphatic heterocycles. The van der Waals surface area contributed by atoms with Crippen LogP contribution in [0.5, 0.6) is 5.75 Å². The molecule has 1 saturated heterocycles. The van der Waals surface area contributed by atoms with Crippen LogP contribution in [-0.2, 0) is 6.54 Å². The predicted molar refractivity (Wildman–Crippen MR) is 126 cm³/mol. The van der Waals surface area contributed by atoms with Crippen LogP contribution < -0.4 is 10.6 Å². The van der Waals surface area contributed by atoms with Crippen molar-refractivity contribution in [2.24, 2.45) is 0 Å². The molecule has 0 saturated carbocycles. The van der Waals surface area contributed by atoms with Gasteiger partial charge in [0.2, 0.25) is 0 Å². The zero-order chi connectivity index (χ0) is 22.8. The van der Waals surface area contributed by atoms with Gasteiger partial charge in [0.15, 0.2) is 0 Å². The van der Waals surface area contributed by atoms with Crippen molar-refractivity contribution in [2.75, 3.05) is 46.3 Å². The lowest BCUT2D eigenvalue weighted by molar-refractivity contribution is 0.0773. The van der Waals surface area contributed by atoms with Crippen molar-refractivity contribution in [3.8, 4) is 5.75 Å². The molecule has 0 aromatic heterocycles. The van der Waals surface area contributed by atoms with Gasteiger partial charge in [0.25, 0.3) is 11.8 Å². The van der Waals surface area contributed by atoms with Gasteiger partial charge in [-0.2, -0.15) is 0 Å². The molecule has 2 amide bonds. The number of nitrogens with one attached hydrogen (secondary N) is 2. The first kappa shape index (κ1) is 23.8. The summed E-state index contributed by atoms with van der Waals surface area (Å²) >= 11 is 0. The number of likely N-dealkylation sites (N-methyl/N-ethyl adjacent to an activating group) is 1. The molecule has 0 radical (unpaired) electrons. The summed E-state index contributed by atoms with van der Waals surface area (Å²) in [4.78, 5) is 29.4. The number of phenolic OH excluding ortho intramolecular Hbond substituents is 1. The lowest BCUT2D eigenvalue weighted by atomic mass is 10.1. The molecule has 0 bridgehead atoms. The quantitative estimate of drug-likeness (QED) is 0.496. The molecule has 0 spiro atoms. The molecule has 2 aromatic rings. The molecule has 0 unspecified atom stereocenters. The van der Waals surface area contributed by atoms with Gasteiger partial charge < -0.3 is 25.5 Å². The third-order valence-electron chi connectivity index (χ3n) is 5.77. The molecule has 2 aromatic carbocycles. The normalized spacial score (nSPS) is 14.2. The molecule has 172 valence electrons. The van der Waals surface area contributed by atoms with Crippen molar-refractivity contribution in [3.05, 3.63) is 65.2 Å². The number of carbonyl (C=O) groups is 2. The van der Waals surface area contributed by atoms with E-state index in [-0.39, 0.29) is 17.6 Å². The minimum atomic E-state index is -0.193. The van der Waals surface area contributed by atoms with Crippen molar-refractivity contribution >= 4 is 11.8 Å². The number of benzene rings is 2. The molecule has 32 heavy (non-hydrogen) atoms. The highest BCUT2D eigenvalue weighted by Gasteiger charge is 2.16. The van der Waals surface area contributed by atoms with Crippen LogP contribution >= 0.6 is 0 Å². The zero-order valence-electron chi connectivity index (χ0n) is 18.8. The summed E-state index contributed by atoms with van der Waals surface area (Å²) in [5.74, 6) is -0.0100. The second kappa shape index (κ2) is 12.2. The topological polar surface area (TPSA) is 84.9 Å². The van der Waals surface area contributed by atoms with Gasteiger partial charge in [-0.1, -0.05) is 24.6 Å². The Labute approximate surface area is 190 Å². The lowest BCUT2D eigenvalue weighted by Crippen LogP contribution is -2.38. The van der Waals surface area contributed by atoms with E-state index in [2.05, 4.69) is 15.5 Å². The molecular formula is C25H34N4O3. The van der Waals surface area contributed by atoms with Gasteiger partial charge in [-0.3, -0.25) is 9.59 Å². The molecule has 0 atom stereocenters. The van der Waals surface area contributed by atoms with Crippen molar-refractivity contribution in [1.29, 1.82) is 0 Å². The second-order valence-electron chi connectivity index (χ2n) is 8.31. The zero-order valence-corrected chi connectivity index (χ0v) is 18.8. The Morgan fingerprint density at radius 3 is 2.47 bits per heavy atom. The maximum absolute atomic E-state index is 12.8. The van der Waals surface area contributed by atoms with Crippen molar-refractivity contribution < 1.29 is 14.7 Å². The van der Waals surface area contributed by atoms with Crippen molar-refractivity contribution in [1.82, 2.24) is 20.4 Å². The fraction of sp³-hybridized carbons (Fsp3) is 0.440. The van der Waals surface area contributed by atoms with E-state index < -0.39 is 0 Å². The molecule has 3 rings (SSSR count). The summed E-state index contributed by atoms with van der Waals surface area (Å²) in [7, 11) is 1.82. The van der Waals surface area contributed by atoms with Gasteiger partial charge in [0.1, 0.15) is 5.75 Å². The standard InChI is InChI=1S/C25H34N4O3/c1-28(16-17-29-14-3-2-4-15-29)25(32)22-7-5-6-21(18-22)24(31)27-13-12-26-19-20-8-10-23(30)11-9-20/h5-11,18,26,30H,2-4,12-17,19H2,1H3,(H,27,31). The summed E-state index contributed by atoms with van der Waals surface area (Å²) < 4.78 is 0. The molecular weight excluding hydrogens is 404 g/mol. The fourth-order valence-corrected chi connectivity index (χ4v) is 3.80. The van der Waals surface area contributed by atoms with Crippen LogP contribution in [0.15, 0.2) is 48.5 Å². The number of phenols is 1. The van der Waals surface area contributed by atoms with Gasteiger partial charge in [-0.25, -0.2) is 0 Å². The molecule has 1 heterocycles. The highest BCUT2D eigenvalue weighted by atomic mass is 16.3. The largest absolute Gasteiger partial charge is 0.508 e. The average Bonchev–Trinajstić information content (AvgIpc) is 2.83. The van der Waals surface area contributed by atoms with Gasteiger partial charge >= 0.3 is 0 Å². The Kier molecular flexibility index (Phi) is 9.07. The van der Waals surface area contributed by atoms with Crippen LogP contribution in [0.25, 0.3) is 0 Å². The molecule has 7 heteroatoms. The number of hydrogen-bond donors (Lipinski definition) is 3. The van der Waals surface area contributed by atoms with E-state index in [4.69, 9.17) is 0 Å². The van der Waals surface area contributed by atoms with E-state index in [0.29, 0.717) is 37.3 Å². The Hall–Kier alpha value is -2.90. The highest BCUT2D eigenvalue weighted by Crippen LogP contribution is 2.11. The van der Waals surface area contributed by atoms with Crippen LogP contribution in [0.4, 0.5) is 0 Å². The smallest absolute Gasteiger partial charge is 0.253 e. The Balaban J connectivity index is 1.41. The van der Waals surface area contributed by atoms with Crippen LogP contribution in [0, 0.1) is 0 Å². The minimum Gasteiger partial charge on any atom is -0.508 e. The van der Waals surface area contributed by atoms with Gasteiger partial charge in [-0.15, -0.1) is 0 Å². The third kappa shape index (κ3) is 7.35. The Morgan fingerprint density at radius 2 is 1.72 bits per heavy atom. The van der Waals surface area contributed by atoms with Crippen LogP contribution in [-0.4, -0.2) is 73.0 Å². The van der Waals surface area contributed by atoms with E-state index in [9.17, 15) is 14.7 Å². The number of nitrogens with zero attached hydrogens (tertiary/aromatic N) is 2. The number of piperidine rings is 1. The SMILES string of the molecule is CN(CCN1CCCCC1)C(=O)c1cccc(C(=O)NCCNCc2ccc(O)cc2)c1. The summed E-state index contributed by atoms with van der Waals surface area (Å²) in [6.45, 7) is 5.55. The number of likely N-dealkylation sites (tertiary alicyclic amines) is 1. The number of carbonyl (C=O) groups excluding carboxylic acids is 2. The maximum Gasteiger partial charge on any atom is 0.253 e. The molecule has 7 nitrogen and oxygen atoms in total. The molecule has 0 aliphatic carbocycles.